The van der Waals surface area contributed by atoms with Gasteiger partial charge in [0.25, 0.3) is 11.8 Å². The maximum absolute atomic E-state index is 13.7. The van der Waals surface area contributed by atoms with Crippen molar-refractivity contribution >= 4 is 22.7 Å². The van der Waals surface area contributed by atoms with Crippen LogP contribution in [0.1, 0.15) is 57.7 Å². The number of aromatic nitrogens is 3. The topological polar surface area (TPSA) is 103 Å². The third kappa shape index (κ3) is 4.79. The highest BCUT2D eigenvalue weighted by Gasteiger charge is 2.25. The average Bonchev–Trinajstić information content (AvgIpc) is 3.45. The molecule has 33 heavy (non-hydrogen) atoms. The third-order valence-corrected chi connectivity index (χ3v) is 5.70. The lowest BCUT2D eigenvalue weighted by molar-refractivity contribution is 0.0882. The number of halogens is 1. The van der Waals surface area contributed by atoms with Gasteiger partial charge in [-0.15, -0.1) is 0 Å². The standard InChI is InChI=1S/C25H26FN5O2/c1-4-18-12-22(31-30-18)25(33)29-23(16-8-6-5-7-9-16)15(3)27-24(32)21-13-19-14(2)10-17(26)11-20(19)28-21/h5-13,15,23,28H,4H2,1-3H3,(H,27,32)(H,29,33)(H,30,31). The van der Waals surface area contributed by atoms with Gasteiger partial charge in [-0.3, -0.25) is 14.7 Å². The molecule has 0 spiro atoms. The molecule has 4 N–H and O–H groups in total. The van der Waals surface area contributed by atoms with Gasteiger partial charge in [-0.2, -0.15) is 5.10 Å². The van der Waals surface area contributed by atoms with Crippen molar-refractivity contribution in [1.82, 2.24) is 25.8 Å². The van der Waals surface area contributed by atoms with Gasteiger partial charge in [0.05, 0.1) is 12.1 Å². The second-order valence-corrected chi connectivity index (χ2v) is 8.12. The summed E-state index contributed by atoms with van der Waals surface area (Å²) in [4.78, 5) is 28.8. The van der Waals surface area contributed by atoms with Crippen LogP contribution in [0.3, 0.4) is 0 Å². The van der Waals surface area contributed by atoms with Crippen molar-refractivity contribution in [3.05, 3.63) is 88.6 Å². The van der Waals surface area contributed by atoms with Crippen LogP contribution < -0.4 is 10.6 Å². The summed E-state index contributed by atoms with van der Waals surface area (Å²) in [6.07, 6.45) is 0.739. The minimum atomic E-state index is -0.493. The lowest BCUT2D eigenvalue weighted by Crippen LogP contribution is -2.44. The lowest BCUT2D eigenvalue weighted by atomic mass is 10.00. The summed E-state index contributed by atoms with van der Waals surface area (Å²) >= 11 is 0. The smallest absolute Gasteiger partial charge is 0.272 e. The number of nitrogens with zero attached hydrogens (tertiary/aromatic N) is 1. The van der Waals surface area contributed by atoms with E-state index in [0.29, 0.717) is 16.9 Å². The van der Waals surface area contributed by atoms with Gasteiger partial charge < -0.3 is 15.6 Å². The van der Waals surface area contributed by atoms with Crippen molar-refractivity contribution in [3.8, 4) is 0 Å². The minimum Gasteiger partial charge on any atom is -0.350 e. The predicted octanol–water partition coefficient (Wildman–Crippen LogP) is 4.19. The summed E-state index contributed by atoms with van der Waals surface area (Å²) in [7, 11) is 0. The fourth-order valence-corrected chi connectivity index (χ4v) is 3.90. The first kappa shape index (κ1) is 22.3. The Labute approximate surface area is 190 Å². The van der Waals surface area contributed by atoms with Crippen molar-refractivity contribution in [3.63, 3.8) is 0 Å². The lowest BCUT2D eigenvalue weighted by Gasteiger charge is -2.26. The molecule has 170 valence electrons. The Morgan fingerprint density at radius 3 is 2.52 bits per heavy atom. The van der Waals surface area contributed by atoms with Gasteiger partial charge in [0.2, 0.25) is 0 Å². The van der Waals surface area contributed by atoms with Crippen LogP contribution >= 0.6 is 0 Å². The summed E-state index contributed by atoms with van der Waals surface area (Å²) in [5, 5.41) is 13.7. The first-order chi connectivity index (χ1) is 15.9. The SMILES string of the molecule is CCc1cc(C(=O)NC(c2ccccc2)C(C)NC(=O)c2cc3c(C)cc(F)cc3[nH]2)n[nH]1. The number of fused-ring (bicyclic) bond motifs is 1. The number of rotatable bonds is 7. The molecule has 2 heterocycles. The van der Waals surface area contributed by atoms with E-state index >= 15 is 0 Å². The van der Waals surface area contributed by atoms with Crippen molar-refractivity contribution in [1.29, 1.82) is 0 Å². The molecule has 2 atom stereocenters. The normalized spacial score (nSPS) is 13.0. The Balaban J connectivity index is 1.56. The van der Waals surface area contributed by atoms with E-state index in [1.165, 1.54) is 12.1 Å². The molecule has 4 rings (SSSR count). The van der Waals surface area contributed by atoms with E-state index < -0.39 is 12.1 Å². The zero-order chi connectivity index (χ0) is 23.5. The molecular formula is C25H26FN5O2. The number of amides is 2. The molecule has 2 unspecified atom stereocenters. The number of nitrogens with one attached hydrogen (secondary N) is 4. The number of hydrogen-bond donors (Lipinski definition) is 4. The molecule has 2 amide bonds. The Hall–Kier alpha value is -3.94. The highest BCUT2D eigenvalue weighted by Crippen LogP contribution is 2.22. The Kier molecular flexibility index (Phi) is 6.26. The second kappa shape index (κ2) is 9.28. The monoisotopic (exact) mass is 447 g/mol. The molecule has 0 saturated carbocycles. The molecule has 4 aromatic rings. The Morgan fingerprint density at radius 2 is 1.82 bits per heavy atom. The zero-order valence-corrected chi connectivity index (χ0v) is 18.7. The van der Waals surface area contributed by atoms with Gasteiger partial charge in [0.1, 0.15) is 17.2 Å². The molecule has 8 heteroatoms. The molecular weight excluding hydrogens is 421 g/mol. The molecule has 0 aliphatic heterocycles. The van der Waals surface area contributed by atoms with Gasteiger partial charge in [-0.05, 0) is 55.7 Å². The van der Waals surface area contributed by atoms with Crippen molar-refractivity contribution < 1.29 is 14.0 Å². The van der Waals surface area contributed by atoms with Gasteiger partial charge in [-0.25, -0.2) is 4.39 Å². The molecule has 2 aromatic carbocycles. The van der Waals surface area contributed by atoms with E-state index in [0.717, 1.165) is 28.6 Å². The molecule has 0 saturated heterocycles. The molecule has 0 bridgehead atoms. The van der Waals surface area contributed by atoms with Crippen LogP contribution in [0.5, 0.6) is 0 Å². The molecule has 0 fully saturated rings. The highest BCUT2D eigenvalue weighted by molar-refractivity contribution is 5.99. The maximum Gasteiger partial charge on any atom is 0.272 e. The van der Waals surface area contributed by atoms with Crippen molar-refractivity contribution in [2.75, 3.05) is 0 Å². The second-order valence-electron chi connectivity index (χ2n) is 8.12. The number of aromatic amines is 2. The fraction of sp³-hybridized carbons (Fsp3) is 0.240. The van der Waals surface area contributed by atoms with Gasteiger partial charge in [0.15, 0.2) is 0 Å². The van der Waals surface area contributed by atoms with E-state index in [9.17, 15) is 14.0 Å². The maximum atomic E-state index is 13.7. The first-order valence-corrected chi connectivity index (χ1v) is 10.9. The van der Waals surface area contributed by atoms with Crippen LogP contribution in [0.2, 0.25) is 0 Å². The number of hydrogen-bond acceptors (Lipinski definition) is 3. The number of benzene rings is 2. The van der Waals surface area contributed by atoms with E-state index in [4.69, 9.17) is 0 Å². The quantitative estimate of drug-likeness (QED) is 0.342. The molecule has 0 aliphatic rings. The fourth-order valence-electron chi connectivity index (χ4n) is 3.90. The van der Waals surface area contributed by atoms with Gasteiger partial charge in [0, 0.05) is 16.6 Å². The third-order valence-electron chi connectivity index (χ3n) is 5.70. The summed E-state index contributed by atoms with van der Waals surface area (Å²) < 4.78 is 13.7. The van der Waals surface area contributed by atoms with E-state index in [1.54, 1.807) is 19.1 Å². The number of H-pyrrole nitrogens is 2. The van der Waals surface area contributed by atoms with Crippen LogP contribution in [0.4, 0.5) is 4.39 Å². The van der Waals surface area contributed by atoms with Gasteiger partial charge >= 0.3 is 0 Å². The molecule has 0 aliphatic carbocycles. The highest BCUT2D eigenvalue weighted by atomic mass is 19.1. The molecule has 0 radical (unpaired) electrons. The largest absolute Gasteiger partial charge is 0.350 e. The zero-order valence-electron chi connectivity index (χ0n) is 18.7. The number of carbonyl (C=O) groups excluding carboxylic acids is 2. The van der Waals surface area contributed by atoms with E-state index in [1.807, 2.05) is 44.2 Å². The Bertz CT molecular complexity index is 1290. The van der Waals surface area contributed by atoms with Gasteiger partial charge in [-0.1, -0.05) is 37.3 Å². The van der Waals surface area contributed by atoms with Crippen LogP contribution in [0.15, 0.2) is 54.6 Å². The van der Waals surface area contributed by atoms with Crippen molar-refractivity contribution in [2.45, 2.75) is 39.3 Å². The minimum absolute atomic E-state index is 0.291. The number of carbonyl (C=O) groups is 2. The summed E-state index contributed by atoms with van der Waals surface area (Å²) in [6.45, 7) is 5.59. The summed E-state index contributed by atoms with van der Waals surface area (Å²) in [5.74, 6) is -1.04. The molecule has 2 aromatic heterocycles. The summed E-state index contributed by atoms with van der Waals surface area (Å²) in [6, 6.07) is 14.7. The predicted molar refractivity (Wildman–Crippen MR) is 125 cm³/mol. The van der Waals surface area contributed by atoms with Crippen molar-refractivity contribution in [2.24, 2.45) is 0 Å². The average molecular weight is 448 g/mol. The first-order valence-electron chi connectivity index (χ1n) is 10.9. The van der Waals surface area contributed by atoms with Crippen LogP contribution in [0.25, 0.3) is 10.9 Å². The number of aryl methyl sites for hydroxylation is 2. The van der Waals surface area contributed by atoms with E-state index in [-0.39, 0.29) is 17.6 Å². The van der Waals surface area contributed by atoms with E-state index in [2.05, 4.69) is 25.8 Å². The van der Waals surface area contributed by atoms with Crippen LogP contribution in [0, 0.1) is 12.7 Å². The van der Waals surface area contributed by atoms with Crippen LogP contribution in [-0.2, 0) is 6.42 Å². The molecule has 7 nitrogen and oxygen atoms in total. The van der Waals surface area contributed by atoms with Crippen LogP contribution in [-0.4, -0.2) is 33.0 Å². The Morgan fingerprint density at radius 1 is 1.06 bits per heavy atom. The summed E-state index contributed by atoms with van der Waals surface area (Å²) in [5.41, 5.74) is 3.63.